The first-order valence-electron chi connectivity index (χ1n) is 38.2. The van der Waals surface area contributed by atoms with E-state index in [2.05, 4.69) is 0 Å². The largest absolute Gasteiger partial charge is 0.481 e. The maximum absolute atomic E-state index is 12.2. The van der Waals surface area contributed by atoms with E-state index in [-0.39, 0.29) is 81.9 Å². The number of aliphatic carboxylic acids is 4. The minimum atomic E-state index is -2.24. The zero-order valence-electron chi connectivity index (χ0n) is 63.6. The summed E-state index contributed by atoms with van der Waals surface area (Å²) >= 11 is 8.96. The Kier molecular flexibility index (Phi) is 40.9. The molecule has 30 rings (SSSR count). The Hall–Kier alpha value is -0.600. The summed E-state index contributed by atoms with van der Waals surface area (Å²) in [7, 11) is 0. The summed E-state index contributed by atoms with van der Waals surface area (Å²) in [6.07, 6.45) is -75.6. The molecule has 0 aliphatic carbocycles. The molecule has 672 valence electrons. The van der Waals surface area contributed by atoms with Crippen LogP contribution in [0.1, 0.15) is 53.4 Å². The minimum Gasteiger partial charge on any atom is -0.481 e. The average molecular weight is 1830 g/mol. The summed E-state index contributed by atoms with van der Waals surface area (Å²) < 4.78 is 101. The first kappa shape index (κ1) is 99.2. The van der Waals surface area contributed by atoms with Crippen molar-refractivity contribution < 1.29 is 197 Å². The maximum atomic E-state index is 12.2. The highest BCUT2D eigenvalue weighted by Gasteiger charge is 2.61. The van der Waals surface area contributed by atoms with Gasteiger partial charge < -0.3 is 178 Å². The number of carboxylic acid groups (broad SMARTS) is 4. The molecule has 16 bridgehead atoms. The van der Waals surface area contributed by atoms with Crippen LogP contribution < -0.4 is 0 Å². The lowest BCUT2D eigenvalue weighted by Crippen LogP contribution is -2.69. The Balaban J connectivity index is 1.08. The maximum Gasteiger partial charge on any atom is 0.304 e. The average Bonchev–Trinajstić information content (AvgIpc) is 0.771. The van der Waals surface area contributed by atoms with Gasteiger partial charge in [0.25, 0.3) is 0 Å². The summed E-state index contributed by atoms with van der Waals surface area (Å²) in [5.41, 5.74) is 0. The molecule has 0 radical (unpaired) electrons. The minimum absolute atomic E-state index is 0.0129. The molecule has 0 aromatic carbocycles. The van der Waals surface area contributed by atoms with Gasteiger partial charge in [0.05, 0.1) is 74.5 Å². The monoisotopic (exact) mass is 1820 g/mol. The normalized spacial score (nSPS) is 44.7. The van der Waals surface area contributed by atoms with E-state index in [9.17, 15) is 121 Å². The van der Waals surface area contributed by atoms with Gasteiger partial charge >= 0.3 is 23.9 Å². The fourth-order valence-corrected chi connectivity index (χ4v) is 21.1. The molecule has 0 spiro atoms. The van der Waals surface area contributed by atoms with Crippen LogP contribution in [0.5, 0.6) is 0 Å². The summed E-state index contributed by atoms with van der Waals surface area (Å²) in [4.78, 5) is 47.0. The van der Waals surface area contributed by atoms with Gasteiger partial charge in [-0.25, -0.2) is 0 Å². The smallest absolute Gasteiger partial charge is 0.304 e. The number of ether oxygens (including phenoxy) is 16. The lowest BCUT2D eigenvalue weighted by molar-refractivity contribution is -0.396. The first-order chi connectivity index (χ1) is 55.3. The molecule has 30 saturated heterocycles. The van der Waals surface area contributed by atoms with Crippen LogP contribution in [-0.4, -0.2) is 464 Å². The van der Waals surface area contributed by atoms with Crippen molar-refractivity contribution in [2.24, 2.45) is 0 Å². The summed E-state index contributed by atoms with van der Waals surface area (Å²) in [6.45, 7) is 7.23. The molecule has 40 atom stereocenters. The van der Waals surface area contributed by atoms with Crippen LogP contribution in [0.4, 0.5) is 0 Å². The number of carboxylic acids is 4. The van der Waals surface area contributed by atoms with Crippen LogP contribution >= 0.6 is 94.1 Å². The Morgan fingerprint density at radius 1 is 0.198 bits per heavy atom. The highest BCUT2D eigenvalue weighted by Crippen LogP contribution is 2.43. The number of rotatable bonds is 32. The van der Waals surface area contributed by atoms with Gasteiger partial charge in [0.2, 0.25) is 0 Å². The van der Waals surface area contributed by atoms with Gasteiger partial charge in [-0.3, -0.25) is 19.2 Å². The molecule has 30 fully saturated rings. The number of carbonyl (C=O) groups is 4. The lowest BCUT2D eigenvalue weighted by atomic mass is 9.95. The molecule has 16 unspecified atom stereocenters. The van der Waals surface area contributed by atoms with E-state index in [4.69, 9.17) is 75.8 Å². The van der Waals surface area contributed by atoms with Crippen LogP contribution in [0.3, 0.4) is 0 Å². The van der Waals surface area contributed by atoms with E-state index < -0.39 is 282 Å². The van der Waals surface area contributed by atoms with Crippen molar-refractivity contribution in [2.45, 2.75) is 299 Å². The summed E-state index contributed by atoms with van der Waals surface area (Å²) in [6, 6.07) is 0. The van der Waals surface area contributed by atoms with E-state index in [0.717, 1.165) is 47.0 Å². The van der Waals surface area contributed by atoms with Crippen LogP contribution in [0.25, 0.3) is 0 Å². The second-order valence-electron chi connectivity index (χ2n) is 28.5. The van der Waals surface area contributed by atoms with E-state index in [1.807, 2.05) is 13.8 Å². The molecule has 0 saturated carbocycles. The molecule has 116 heavy (non-hydrogen) atoms. The standard InChI is InChI=1S/C68H112O40S8/c1-5-109-17-25-53-38(78)46(86)62(94-25)103-55-27(19-111-7-3)96-64(48(88)40(55)80)105-57-29(21-113-13-9-33(69)70)98-66(50(90)42(57)82)107-59-31(23-115-15-11-35(73)74)100-68(52(92)44(59)84)108-60-32(24-116-16-12-36(75)76)99-67(51(91)43(60)83)106-58-30(22-114-14-10-34(71)72)97-65(49(89)41(58)81)104-56-28(20-112-8-4)95-63(47(87)39(56)79)102-54-26(18-110-6-2)93-61(101-53)45(85)37(54)77/h25-32,37-68,77-92H,5-24H2,1-4H3,(H,69,70)(H,71,72)(H,73,74)(H,75,76)/t25?,26?,27?,28?,29?,30?,31?,32?,37-,38-,39-,40-,41-,42-,43-,44-,45?,46?,47?,48?,49+,50?,51?,52?,53-,54-,55-,56-,57-,58-,59-,60-,61+,62-,63-,64-,65?,66-,67-,68-/m1/s1. The van der Waals surface area contributed by atoms with Crippen molar-refractivity contribution in [1.29, 1.82) is 0 Å². The second kappa shape index (κ2) is 47.8. The van der Waals surface area contributed by atoms with Crippen molar-refractivity contribution in [3.05, 3.63) is 0 Å². The molecule has 30 heterocycles. The van der Waals surface area contributed by atoms with Gasteiger partial charge in [0.1, 0.15) is 146 Å². The molecule has 40 nitrogen and oxygen atoms in total. The molecule has 30 aliphatic rings. The molecular formula is C68H112O40S8. The molecular weight excluding hydrogens is 1710 g/mol. The number of thioether (sulfide) groups is 8. The van der Waals surface area contributed by atoms with Crippen molar-refractivity contribution in [1.82, 2.24) is 0 Å². The number of hydrogen-bond acceptors (Lipinski definition) is 44. The topological polar surface area (TPSA) is 621 Å². The second-order valence-corrected chi connectivity index (χ2v) is 38.4. The highest BCUT2D eigenvalue weighted by atomic mass is 32.2. The molecule has 0 aromatic heterocycles. The summed E-state index contributed by atoms with van der Waals surface area (Å²) in [5, 5.41) is 232. The van der Waals surface area contributed by atoms with Gasteiger partial charge in [0.15, 0.2) is 50.3 Å². The number of hydrogen-bond donors (Lipinski definition) is 20. The van der Waals surface area contributed by atoms with E-state index in [1.54, 1.807) is 13.8 Å². The van der Waals surface area contributed by atoms with Gasteiger partial charge in [-0.05, 0) is 23.0 Å². The third kappa shape index (κ3) is 25.9. The van der Waals surface area contributed by atoms with E-state index in [0.29, 0.717) is 23.0 Å². The quantitative estimate of drug-likeness (QED) is 0.0279. The van der Waals surface area contributed by atoms with Gasteiger partial charge in [-0.1, -0.05) is 27.7 Å². The SMILES string of the molecule is CCSCC1O[C@@H]2O[C@@H]3C(CSCC)O[C@@H](O[C@@H]4C(CSCC)O[C@H](O[C@@H]5C(CSCC)O[C@H](O[C@@H]6C(CSCCC(=O)O)O[C@H](O[C@@H]7C(CSCCC(=O)O)O[C@H](O[C@@H]8C(CSCCC(=O)O)O[C@H](O[C@@H]9C(CSCCC(=O)O)OC(O[C@H]1[C@H](O)C2O)[C@@H](O)[C@H]9O)C(O)[C@H]8O)C(O)[C@H]7O)C(O)[C@H]6O)C(O)[C@H]5O)C(O)[C@H]4O)C(O)[C@H]3O. The first-order valence-corrected chi connectivity index (χ1v) is 47.4. The zero-order chi connectivity index (χ0) is 84.5. The van der Waals surface area contributed by atoms with Crippen LogP contribution in [0.15, 0.2) is 0 Å². The molecule has 30 aliphatic heterocycles. The molecule has 20 N–H and O–H groups in total. The van der Waals surface area contributed by atoms with Crippen LogP contribution in [0, 0.1) is 0 Å². The number of aliphatic hydroxyl groups excluding tert-OH is 16. The third-order valence-corrected chi connectivity index (χ3v) is 28.5. The molecule has 0 amide bonds. The predicted molar refractivity (Wildman–Crippen MR) is 415 cm³/mol. The van der Waals surface area contributed by atoms with Crippen molar-refractivity contribution >= 4 is 118 Å². The Labute approximate surface area is 701 Å². The predicted octanol–water partition coefficient (Wildman–Crippen LogP) is -5.50. The Morgan fingerprint density at radius 2 is 0.319 bits per heavy atom. The lowest BCUT2D eigenvalue weighted by Gasteiger charge is -2.51. The van der Waals surface area contributed by atoms with Crippen LogP contribution in [-0.2, 0) is 95.0 Å². The molecule has 0 aromatic rings. The Morgan fingerprint density at radius 3 is 0.431 bits per heavy atom. The van der Waals surface area contributed by atoms with Gasteiger partial charge in [-0.2, -0.15) is 94.1 Å². The third-order valence-electron chi connectivity index (χ3n) is 20.4. The summed E-state index contributed by atoms with van der Waals surface area (Å²) in [5.74, 6) is -4.45. The molecule has 48 heteroatoms. The van der Waals surface area contributed by atoms with Gasteiger partial charge in [0, 0.05) is 69.0 Å². The highest BCUT2D eigenvalue weighted by molar-refractivity contribution is 8.00. The van der Waals surface area contributed by atoms with Crippen molar-refractivity contribution in [2.75, 3.05) is 92.0 Å². The van der Waals surface area contributed by atoms with Crippen molar-refractivity contribution in [3.63, 3.8) is 0 Å². The number of aliphatic hydroxyl groups is 16. The van der Waals surface area contributed by atoms with Gasteiger partial charge in [-0.15, -0.1) is 0 Å². The fourth-order valence-electron chi connectivity index (χ4n) is 14.2. The fraction of sp³-hybridized carbons (Fsp3) is 0.941. The van der Waals surface area contributed by atoms with E-state index >= 15 is 0 Å². The zero-order valence-corrected chi connectivity index (χ0v) is 70.1. The van der Waals surface area contributed by atoms with E-state index in [1.165, 1.54) is 47.0 Å². The van der Waals surface area contributed by atoms with Crippen LogP contribution in [0.2, 0.25) is 0 Å². The van der Waals surface area contributed by atoms with Crippen molar-refractivity contribution in [3.8, 4) is 0 Å². The Bertz CT molecular complexity index is 2920.